The summed E-state index contributed by atoms with van der Waals surface area (Å²) in [5.74, 6) is -4.03. The van der Waals surface area contributed by atoms with Gasteiger partial charge in [0.15, 0.2) is 0 Å². The standard InChI is InChI=1S/C32H38F2N4O6/c1-18(39)42-14-13-22-25-23(29(40)43-31(2,3)4)15-21(34)16-24(25)38(30(41)44-32(5,6)7)27(19-9-11-20(33)12-10-19)26(22)28-35-17-36-37(28)8/h9-13,16-17,23,26-27H,14-15H2,1-8H3. The van der Waals surface area contributed by atoms with Crippen LogP contribution in [0.5, 0.6) is 0 Å². The van der Waals surface area contributed by atoms with Crippen molar-refractivity contribution in [3.63, 3.8) is 0 Å². The number of carbonyl (C=O) groups is 3. The Morgan fingerprint density at radius 1 is 1.02 bits per heavy atom. The third-order valence-electron chi connectivity index (χ3n) is 6.92. The van der Waals surface area contributed by atoms with Crippen molar-refractivity contribution in [3.05, 3.63) is 82.6 Å². The molecule has 12 heteroatoms. The first-order chi connectivity index (χ1) is 20.5. The van der Waals surface area contributed by atoms with E-state index in [1.807, 2.05) is 0 Å². The van der Waals surface area contributed by atoms with Gasteiger partial charge in [0.2, 0.25) is 0 Å². The lowest BCUT2D eigenvalue weighted by atomic mass is 9.71. The fraction of sp³-hybridized carbons (Fsp3) is 0.469. The molecule has 3 unspecified atom stereocenters. The quantitative estimate of drug-likeness (QED) is 0.299. The lowest BCUT2D eigenvalue weighted by Gasteiger charge is -2.46. The number of esters is 2. The van der Waals surface area contributed by atoms with E-state index in [0.29, 0.717) is 22.5 Å². The molecule has 4 rings (SSSR count). The Bertz CT molecular complexity index is 1530. The summed E-state index contributed by atoms with van der Waals surface area (Å²) < 4.78 is 48.1. The number of allylic oxidation sites excluding steroid dienone is 2. The van der Waals surface area contributed by atoms with Gasteiger partial charge < -0.3 is 14.2 Å². The van der Waals surface area contributed by atoms with E-state index >= 15 is 4.39 Å². The zero-order valence-corrected chi connectivity index (χ0v) is 26.2. The van der Waals surface area contributed by atoms with Crippen LogP contribution in [0.15, 0.2) is 65.4 Å². The molecule has 10 nitrogen and oxygen atoms in total. The van der Waals surface area contributed by atoms with Gasteiger partial charge in [0.25, 0.3) is 0 Å². The maximum Gasteiger partial charge on any atom is 0.415 e. The van der Waals surface area contributed by atoms with Gasteiger partial charge >= 0.3 is 18.0 Å². The molecule has 1 aromatic heterocycles. The number of aromatic nitrogens is 3. The van der Waals surface area contributed by atoms with Gasteiger partial charge in [0.1, 0.15) is 41.6 Å². The SMILES string of the molecule is CC(=O)OCC=C1C2=C(C=C(F)CC2C(=O)OC(C)(C)C)N(C(=O)OC(C)(C)C)C(c2ccc(F)cc2)C1c1ncnn1C. The van der Waals surface area contributed by atoms with Crippen LogP contribution in [0.25, 0.3) is 0 Å². The number of hydrogen-bond donors (Lipinski definition) is 0. The predicted molar refractivity (Wildman–Crippen MR) is 156 cm³/mol. The van der Waals surface area contributed by atoms with Crippen LogP contribution in [-0.4, -0.2) is 55.5 Å². The number of hydrogen-bond acceptors (Lipinski definition) is 8. The van der Waals surface area contributed by atoms with Crippen molar-refractivity contribution in [1.29, 1.82) is 0 Å². The Kier molecular flexibility index (Phi) is 9.13. The van der Waals surface area contributed by atoms with E-state index in [2.05, 4.69) is 10.1 Å². The number of halogens is 2. The Morgan fingerprint density at radius 3 is 2.20 bits per heavy atom. The molecule has 1 aliphatic carbocycles. The Morgan fingerprint density at radius 2 is 1.66 bits per heavy atom. The average Bonchev–Trinajstić information content (AvgIpc) is 3.31. The summed E-state index contributed by atoms with van der Waals surface area (Å²) in [4.78, 5) is 45.4. The highest BCUT2D eigenvalue weighted by atomic mass is 19.1. The average molecular weight is 613 g/mol. The first-order valence-electron chi connectivity index (χ1n) is 14.3. The number of ether oxygens (including phenoxy) is 3. The molecule has 0 radical (unpaired) electrons. The molecule has 1 aromatic carbocycles. The summed E-state index contributed by atoms with van der Waals surface area (Å²) in [5.41, 5.74) is -0.547. The van der Waals surface area contributed by atoms with Crippen LogP contribution >= 0.6 is 0 Å². The molecule has 2 aliphatic rings. The molecule has 3 atom stereocenters. The zero-order valence-electron chi connectivity index (χ0n) is 26.2. The van der Waals surface area contributed by atoms with Crippen LogP contribution in [0.1, 0.15) is 78.2 Å². The highest BCUT2D eigenvalue weighted by Crippen LogP contribution is 2.54. The third-order valence-corrected chi connectivity index (χ3v) is 6.92. The number of aryl methyl sites for hydroxylation is 1. The second-order valence-corrected chi connectivity index (χ2v) is 12.7. The normalized spacial score (nSPS) is 21.5. The molecule has 0 bridgehead atoms. The number of rotatable bonds is 5. The number of carbonyl (C=O) groups excluding carboxylic acids is 3. The molecule has 1 aliphatic heterocycles. The summed E-state index contributed by atoms with van der Waals surface area (Å²) in [7, 11) is 1.67. The summed E-state index contributed by atoms with van der Waals surface area (Å²) >= 11 is 0. The molecular weight excluding hydrogens is 574 g/mol. The zero-order chi connectivity index (χ0) is 32.6. The molecule has 0 N–H and O–H groups in total. The minimum absolute atomic E-state index is 0.0701. The van der Waals surface area contributed by atoms with Gasteiger partial charge in [-0.15, -0.1) is 0 Å². The fourth-order valence-corrected chi connectivity index (χ4v) is 5.40. The third kappa shape index (κ3) is 7.23. The first kappa shape index (κ1) is 32.6. The lowest BCUT2D eigenvalue weighted by Crippen LogP contribution is -2.47. The van der Waals surface area contributed by atoms with Gasteiger partial charge in [-0.2, -0.15) is 5.10 Å². The van der Waals surface area contributed by atoms with Crippen LogP contribution in [0.4, 0.5) is 13.6 Å². The molecule has 0 saturated carbocycles. The van der Waals surface area contributed by atoms with Crippen molar-refractivity contribution in [2.24, 2.45) is 13.0 Å². The van der Waals surface area contributed by atoms with Gasteiger partial charge in [-0.25, -0.2) is 18.6 Å². The molecule has 1 amide bonds. The lowest BCUT2D eigenvalue weighted by molar-refractivity contribution is -0.158. The number of nitrogens with zero attached hydrogens (tertiary/aromatic N) is 4. The van der Waals surface area contributed by atoms with Crippen LogP contribution in [-0.2, 0) is 30.8 Å². The maximum absolute atomic E-state index is 15.5. The van der Waals surface area contributed by atoms with E-state index in [9.17, 15) is 18.8 Å². The van der Waals surface area contributed by atoms with Crippen LogP contribution in [0, 0.1) is 11.7 Å². The van der Waals surface area contributed by atoms with Crippen molar-refractivity contribution in [2.45, 2.75) is 78.0 Å². The second kappa shape index (κ2) is 12.3. The summed E-state index contributed by atoms with van der Waals surface area (Å²) in [6.45, 7) is 11.3. The van der Waals surface area contributed by atoms with E-state index in [0.717, 1.165) is 0 Å². The van der Waals surface area contributed by atoms with Crippen LogP contribution in [0.2, 0.25) is 0 Å². The van der Waals surface area contributed by atoms with E-state index < -0.39 is 58.8 Å². The Balaban J connectivity index is 2.10. The van der Waals surface area contributed by atoms with Gasteiger partial charge in [-0.05, 0) is 82.5 Å². The summed E-state index contributed by atoms with van der Waals surface area (Å²) in [6, 6.07) is 4.57. The summed E-state index contributed by atoms with van der Waals surface area (Å²) in [6.07, 6.45) is 3.01. The highest BCUT2D eigenvalue weighted by molar-refractivity contribution is 5.83. The Labute approximate surface area is 255 Å². The molecule has 0 spiro atoms. The minimum Gasteiger partial charge on any atom is -0.462 e. The van der Waals surface area contributed by atoms with Crippen molar-refractivity contribution in [2.75, 3.05) is 6.61 Å². The minimum atomic E-state index is -1.17. The molecular formula is C32H38F2N4O6. The van der Waals surface area contributed by atoms with Gasteiger partial charge in [0, 0.05) is 20.4 Å². The maximum atomic E-state index is 15.5. The van der Waals surface area contributed by atoms with Crippen LogP contribution in [0.3, 0.4) is 0 Å². The predicted octanol–water partition coefficient (Wildman–Crippen LogP) is 5.99. The molecule has 2 heterocycles. The smallest absolute Gasteiger partial charge is 0.415 e. The fourth-order valence-electron chi connectivity index (χ4n) is 5.40. The van der Waals surface area contributed by atoms with Gasteiger partial charge in [0.05, 0.1) is 23.6 Å². The molecule has 2 aromatic rings. The van der Waals surface area contributed by atoms with Crippen molar-refractivity contribution in [3.8, 4) is 0 Å². The van der Waals surface area contributed by atoms with E-state index in [4.69, 9.17) is 14.2 Å². The number of benzene rings is 1. The topological polar surface area (TPSA) is 113 Å². The largest absolute Gasteiger partial charge is 0.462 e. The molecule has 0 fully saturated rings. The van der Waals surface area contributed by atoms with Crippen molar-refractivity contribution in [1.82, 2.24) is 19.7 Å². The second-order valence-electron chi connectivity index (χ2n) is 12.7. The highest BCUT2D eigenvalue weighted by Gasteiger charge is 2.50. The van der Waals surface area contributed by atoms with Gasteiger partial charge in [-0.1, -0.05) is 12.1 Å². The van der Waals surface area contributed by atoms with Gasteiger partial charge in [-0.3, -0.25) is 19.2 Å². The molecule has 0 saturated heterocycles. The van der Waals surface area contributed by atoms with Crippen molar-refractivity contribution >= 4 is 18.0 Å². The summed E-state index contributed by atoms with van der Waals surface area (Å²) in [5, 5.41) is 4.24. The van der Waals surface area contributed by atoms with E-state index in [1.54, 1.807) is 54.7 Å². The van der Waals surface area contributed by atoms with Crippen LogP contribution < -0.4 is 0 Å². The molecule has 44 heavy (non-hydrogen) atoms. The molecule has 236 valence electrons. The van der Waals surface area contributed by atoms with E-state index in [1.165, 1.54) is 53.2 Å². The van der Waals surface area contributed by atoms with E-state index in [-0.39, 0.29) is 18.7 Å². The Hall–Kier alpha value is -4.35. The number of amides is 1. The van der Waals surface area contributed by atoms with Crippen molar-refractivity contribution < 1.29 is 37.4 Å². The monoisotopic (exact) mass is 612 g/mol. The first-order valence-corrected chi connectivity index (χ1v) is 14.3.